The van der Waals surface area contributed by atoms with E-state index in [1.807, 2.05) is 0 Å². The van der Waals surface area contributed by atoms with Crippen LogP contribution < -0.4 is 5.73 Å². The van der Waals surface area contributed by atoms with E-state index >= 15 is 0 Å². The van der Waals surface area contributed by atoms with Gasteiger partial charge in [-0.1, -0.05) is 71.1 Å². The van der Waals surface area contributed by atoms with Crippen LogP contribution in [0.3, 0.4) is 0 Å². The predicted molar refractivity (Wildman–Crippen MR) is 89.9 cm³/mol. The van der Waals surface area contributed by atoms with Gasteiger partial charge in [0.1, 0.15) is 0 Å². The molecule has 0 saturated heterocycles. The molecule has 0 rings (SSSR count). The van der Waals surface area contributed by atoms with Gasteiger partial charge in [0, 0.05) is 6.42 Å². The topological polar surface area (TPSA) is 89.6 Å². The van der Waals surface area contributed by atoms with Crippen molar-refractivity contribution in [3.05, 3.63) is 0 Å². The third kappa shape index (κ3) is 27.1. The van der Waals surface area contributed by atoms with Crippen LogP contribution in [0.4, 0.5) is 4.79 Å². The van der Waals surface area contributed by atoms with E-state index < -0.39 is 12.1 Å². The van der Waals surface area contributed by atoms with Crippen LogP contribution in [0, 0.1) is 0 Å². The molecule has 5 heteroatoms. The zero-order chi connectivity index (χ0) is 17.1. The second-order valence-electron chi connectivity index (χ2n) is 5.43. The average molecular weight is 317 g/mol. The Morgan fingerprint density at radius 1 is 0.818 bits per heavy atom. The fourth-order valence-electron chi connectivity index (χ4n) is 2.08. The predicted octanol–water partition coefficient (Wildman–Crippen LogP) is 4.87. The molecule has 0 aromatic heterocycles. The highest BCUT2D eigenvalue weighted by Gasteiger charge is 1.96. The van der Waals surface area contributed by atoms with Crippen molar-refractivity contribution in [3.63, 3.8) is 0 Å². The lowest BCUT2D eigenvalue weighted by Crippen LogP contribution is -2.11. The lowest BCUT2D eigenvalue weighted by molar-refractivity contribution is -0.137. The highest BCUT2D eigenvalue weighted by atomic mass is 16.5. The van der Waals surface area contributed by atoms with Crippen molar-refractivity contribution in [1.29, 1.82) is 0 Å². The summed E-state index contributed by atoms with van der Waals surface area (Å²) >= 11 is 0. The number of hydrogen-bond acceptors (Lipinski definition) is 3. The van der Waals surface area contributed by atoms with E-state index in [9.17, 15) is 9.59 Å². The van der Waals surface area contributed by atoms with E-state index in [-0.39, 0.29) is 0 Å². The first-order chi connectivity index (χ1) is 10.5. The Bertz CT molecular complexity index is 257. The van der Waals surface area contributed by atoms with Gasteiger partial charge in [-0.3, -0.25) is 4.79 Å². The molecule has 0 spiro atoms. The highest BCUT2D eigenvalue weighted by molar-refractivity contribution is 5.66. The number of aliphatic carboxylic acids is 1. The molecule has 0 aliphatic heterocycles. The molecule has 0 radical (unpaired) electrons. The summed E-state index contributed by atoms with van der Waals surface area (Å²) in [5.41, 5.74) is 4.54. The third-order valence-electron chi connectivity index (χ3n) is 3.28. The summed E-state index contributed by atoms with van der Waals surface area (Å²) in [6.07, 6.45) is 13.6. The quantitative estimate of drug-likeness (QED) is 0.474. The third-order valence-corrected chi connectivity index (χ3v) is 3.28. The van der Waals surface area contributed by atoms with Crippen LogP contribution in [-0.2, 0) is 9.53 Å². The summed E-state index contributed by atoms with van der Waals surface area (Å²) in [6, 6.07) is 0. The van der Waals surface area contributed by atoms with E-state index in [1.165, 1.54) is 57.8 Å². The Hall–Kier alpha value is -1.26. The summed E-state index contributed by atoms with van der Waals surface area (Å²) in [5.74, 6) is -0.657. The van der Waals surface area contributed by atoms with Crippen LogP contribution in [0.2, 0.25) is 0 Å². The van der Waals surface area contributed by atoms with Crippen molar-refractivity contribution in [2.75, 3.05) is 6.61 Å². The van der Waals surface area contributed by atoms with Crippen molar-refractivity contribution in [3.8, 4) is 0 Å². The van der Waals surface area contributed by atoms with Crippen molar-refractivity contribution in [2.24, 2.45) is 5.73 Å². The smallest absolute Gasteiger partial charge is 0.404 e. The molecule has 1 amide bonds. The van der Waals surface area contributed by atoms with Gasteiger partial charge >= 0.3 is 12.1 Å². The Morgan fingerprint density at radius 2 is 1.23 bits per heavy atom. The maximum atomic E-state index is 10.3. The zero-order valence-electron chi connectivity index (χ0n) is 14.4. The standard InChI is InChI=1S/C14H28O2.C3H7NO2/c1-2-3-4-5-6-7-8-9-10-11-12-13-14(15)16;1-2-6-3(4)5/h2-13H2,1H3,(H,15,16);2H2,1H3,(H2,4,5). The summed E-state index contributed by atoms with van der Waals surface area (Å²) in [7, 11) is 0. The lowest BCUT2D eigenvalue weighted by atomic mass is 10.1. The molecule has 0 heterocycles. The minimum Gasteiger partial charge on any atom is -0.481 e. The number of carbonyl (C=O) groups is 2. The molecule has 0 aliphatic rings. The number of unbranched alkanes of at least 4 members (excludes halogenated alkanes) is 10. The van der Waals surface area contributed by atoms with Gasteiger partial charge in [0.05, 0.1) is 6.61 Å². The maximum absolute atomic E-state index is 10.3. The number of carboxylic acid groups (broad SMARTS) is 1. The number of carbonyl (C=O) groups excluding carboxylic acids is 1. The molecule has 5 nitrogen and oxygen atoms in total. The first-order valence-electron chi connectivity index (χ1n) is 8.68. The van der Waals surface area contributed by atoms with Gasteiger partial charge < -0.3 is 15.6 Å². The van der Waals surface area contributed by atoms with Crippen molar-refractivity contribution >= 4 is 12.1 Å². The first-order valence-corrected chi connectivity index (χ1v) is 8.68. The summed E-state index contributed by atoms with van der Waals surface area (Å²) < 4.78 is 4.18. The average Bonchev–Trinajstić information content (AvgIpc) is 2.45. The molecule has 0 fully saturated rings. The van der Waals surface area contributed by atoms with Crippen LogP contribution in [0.5, 0.6) is 0 Å². The molecule has 0 aliphatic carbocycles. The van der Waals surface area contributed by atoms with Gasteiger partial charge in [-0.15, -0.1) is 0 Å². The van der Waals surface area contributed by atoms with Crippen molar-refractivity contribution in [2.45, 2.75) is 90.9 Å². The summed E-state index contributed by atoms with van der Waals surface area (Å²) in [4.78, 5) is 19.9. The van der Waals surface area contributed by atoms with Gasteiger partial charge in [0.15, 0.2) is 0 Å². The van der Waals surface area contributed by atoms with Crippen LogP contribution >= 0.6 is 0 Å². The van der Waals surface area contributed by atoms with Crippen molar-refractivity contribution in [1.82, 2.24) is 0 Å². The molecule has 0 aromatic carbocycles. The second-order valence-corrected chi connectivity index (χ2v) is 5.43. The molecular weight excluding hydrogens is 282 g/mol. The van der Waals surface area contributed by atoms with E-state index in [1.54, 1.807) is 6.92 Å². The molecule has 0 atom stereocenters. The number of carboxylic acids is 1. The number of primary amides is 1. The van der Waals surface area contributed by atoms with E-state index in [4.69, 9.17) is 5.11 Å². The maximum Gasteiger partial charge on any atom is 0.404 e. The largest absolute Gasteiger partial charge is 0.481 e. The van der Waals surface area contributed by atoms with Gasteiger partial charge in [0.2, 0.25) is 0 Å². The van der Waals surface area contributed by atoms with Crippen molar-refractivity contribution < 1.29 is 19.4 Å². The molecule has 22 heavy (non-hydrogen) atoms. The minimum absolute atomic E-state index is 0.344. The Morgan fingerprint density at radius 3 is 1.50 bits per heavy atom. The normalized spacial score (nSPS) is 9.73. The first kappa shape index (κ1) is 23.0. The van der Waals surface area contributed by atoms with E-state index in [2.05, 4.69) is 17.4 Å². The van der Waals surface area contributed by atoms with Gasteiger partial charge in [0.25, 0.3) is 0 Å². The van der Waals surface area contributed by atoms with Crippen LogP contribution in [0.25, 0.3) is 0 Å². The van der Waals surface area contributed by atoms with Gasteiger partial charge in [-0.25, -0.2) is 4.79 Å². The molecular formula is C17H35NO4. The van der Waals surface area contributed by atoms with Crippen LogP contribution in [0.1, 0.15) is 90.9 Å². The molecule has 0 aromatic rings. The summed E-state index contributed by atoms with van der Waals surface area (Å²) in [6.45, 7) is 4.30. The van der Waals surface area contributed by atoms with Gasteiger partial charge in [-0.05, 0) is 13.3 Å². The fraction of sp³-hybridized carbons (Fsp3) is 0.882. The number of rotatable bonds is 13. The minimum atomic E-state index is -0.711. The Labute approximate surface area is 135 Å². The number of amides is 1. The molecule has 0 saturated carbocycles. The van der Waals surface area contributed by atoms with Gasteiger partial charge in [-0.2, -0.15) is 0 Å². The van der Waals surface area contributed by atoms with E-state index in [0.29, 0.717) is 13.0 Å². The molecule has 0 bridgehead atoms. The monoisotopic (exact) mass is 317 g/mol. The molecule has 132 valence electrons. The Kier molecular flexibility index (Phi) is 20.6. The fourth-order valence-corrected chi connectivity index (χ4v) is 2.08. The molecule has 3 N–H and O–H groups in total. The molecule has 0 unspecified atom stereocenters. The van der Waals surface area contributed by atoms with Crippen LogP contribution in [0.15, 0.2) is 0 Å². The Balaban J connectivity index is 0. The number of nitrogens with two attached hydrogens (primary N) is 1. The van der Waals surface area contributed by atoms with Crippen LogP contribution in [-0.4, -0.2) is 23.8 Å². The lowest BCUT2D eigenvalue weighted by Gasteiger charge is -2.01. The second kappa shape index (κ2) is 19.7. The summed E-state index contributed by atoms with van der Waals surface area (Å²) in [5, 5.41) is 8.46. The SMILES string of the molecule is CCCCCCCCCCCCCC(=O)O.CCOC(N)=O. The highest BCUT2D eigenvalue weighted by Crippen LogP contribution is 2.11. The number of ether oxygens (including phenoxy) is 1. The number of hydrogen-bond donors (Lipinski definition) is 2. The van der Waals surface area contributed by atoms with E-state index in [0.717, 1.165) is 12.8 Å². The zero-order valence-corrected chi connectivity index (χ0v) is 14.4.